The number of aryl methyl sites for hydroxylation is 1. The van der Waals surface area contributed by atoms with Crippen molar-refractivity contribution in [2.24, 2.45) is 0 Å². The topological polar surface area (TPSA) is 66.5 Å². The van der Waals surface area contributed by atoms with Crippen LogP contribution in [-0.2, 0) is 21.2 Å². The molecule has 2 aromatic rings. The summed E-state index contributed by atoms with van der Waals surface area (Å²) in [6, 6.07) is 14.3. The molecule has 0 saturated heterocycles. The number of anilines is 2. The van der Waals surface area contributed by atoms with E-state index in [0.717, 1.165) is 12.0 Å². The summed E-state index contributed by atoms with van der Waals surface area (Å²) >= 11 is 5.89. The van der Waals surface area contributed by atoms with E-state index in [1.54, 1.807) is 36.4 Å². The zero-order valence-electron chi connectivity index (χ0n) is 14.9. The Morgan fingerprint density at radius 2 is 1.85 bits per heavy atom. The van der Waals surface area contributed by atoms with Crippen molar-refractivity contribution in [1.82, 2.24) is 0 Å². The summed E-state index contributed by atoms with van der Waals surface area (Å²) in [6.45, 7) is 2.29. The molecular formula is C19H23ClN2O3S. The number of hydrogen-bond acceptors (Lipinski definition) is 3. The fraction of sp³-hybridized carbons (Fsp3) is 0.316. The van der Waals surface area contributed by atoms with Crippen molar-refractivity contribution in [3.8, 4) is 0 Å². The van der Waals surface area contributed by atoms with E-state index in [0.29, 0.717) is 22.8 Å². The Balaban J connectivity index is 1.96. The van der Waals surface area contributed by atoms with Crippen LogP contribution in [0.15, 0.2) is 48.5 Å². The normalized spacial score (nSPS) is 11.2. The van der Waals surface area contributed by atoms with Crippen LogP contribution < -0.4 is 9.62 Å². The van der Waals surface area contributed by atoms with Gasteiger partial charge >= 0.3 is 0 Å². The first kappa shape index (κ1) is 20.3. The molecule has 0 bridgehead atoms. The summed E-state index contributed by atoms with van der Waals surface area (Å²) in [6.07, 6.45) is 2.69. The van der Waals surface area contributed by atoms with E-state index in [1.165, 1.54) is 10.6 Å². The Morgan fingerprint density at radius 3 is 2.42 bits per heavy atom. The number of sulfonamides is 1. The summed E-state index contributed by atoms with van der Waals surface area (Å²) in [5.74, 6) is -0.179. The van der Waals surface area contributed by atoms with Crippen molar-refractivity contribution in [3.05, 3.63) is 59.1 Å². The van der Waals surface area contributed by atoms with Crippen LogP contribution in [0.25, 0.3) is 0 Å². The van der Waals surface area contributed by atoms with Gasteiger partial charge in [0.2, 0.25) is 15.9 Å². The van der Waals surface area contributed by atoms with Crippen LogP contribution in [0.2, 0.25) is 5.02 Å². The second-order valence-electron chi connectivity index (χ2n) is 6.02. The molecule has 0 heterocycles. The fourth-order valence-corrected chi connectivity index (χ4v) is 3.71. The molecule has 0 fully saturated rings. The molecule has 26 heavy (non-hydrogen) atoms. The Morgan fingerprint density at radius 1 is 1.15 bits per heavy atom. The van der Waals surface area contributed by atoms with Crippen LogP contribution in [-0.4, -0.2) is 27.1 Å². The highest BCUT2D eigenvalue weighted by atomic mass is 35.5. The Hall–Kier alpha value is -2.05. The quantitative estimate of drug-likeness (QED) is 0.733. The van der Waals surface area contributed by atoms with Crippen LogP contribution in [0.3, 0.4) is 0 Å². The predicted molar refractivity (Wildman–Crippen MR) is 107 cm³/mol. The number of amides is 1. The van der Waals surface area contributed by atoms with Crippen molar-refractivity contribution < 1.29 is 13.2 Å². The fourth-order valence-electron chi connectivity index (χ4n) is 2.56. The molecule has 0 radical (unpaired) electrons. The standard InChI is InChI=1S/C19H23ClN2O3S/c1-3-15-9-11-18(12-10-15)22(26(2,24)25)13-5-8-19(23)21-17-7-4-6-16(20)14-17/h4,6-7,9-12,14H,3,5,8,13H2,1-2H3,(H,21,23). The zero-order chi connectivity index (χ0) is 19.2. The molecule has 1 amide bonds. The van der Waals surface area contributed by atoms with Gasteiger partial charge in [-0.05, 0) is 48.7 Å². The summed E-state index contributed by atoms with van der Waals surface area (Å²) in [5.41, 5.74) is 2.38. The highest BCUT2D eigenvalue weighted by Crippen LogP contribution is 2.20. The molecule has 0 aromatic heterocycles. The van der Waals surface area contributed by atoms with Crippen molar-refractivity contribution in [2.75, 3.05) is 22.4 Å². The van der Waals surface area contributed by atoms with E-state index < -0.39 is 10.0 Å². The van der Waals surface area contributed by atoms with Gasteiger partial charge in [-0.3, -0.25) is 9.10 Å². The lowest BCUT2D eigenvalue weighted by atomic mass is 10.1. The molecule has 0 spiro atoms. The Bertz CT molecular complexity index is 851. The van der Waals surface area contributed by atoms with Gasteiger partial charge in [-0.2, -0.15) is 0 Å². The molecule has 0 saturated carbocycles. The maximum atomic E-state index is 12.1. The molecule has 2 rings (SSSR count). The van der Waals surface area contributed by atoms with Gasteiger partial charge in [0.1, 0.15) is 0 Å². The first-order chi connectivity index (χ1) is 12.3. The molecule has 0 aliphatic rings. The molecule has 1 N–H and O–H groups in total. The van der Waals surface area contributed by atoms with Crippen molar-refractivity contribution in [1.29, 1.82) is 0 Å². The molecule has 0 unspecified atom stereocenters. The SMILES string of the molecule is CCc1ccc(N(CCCC(=O)Nc2cccc(Cl)c2)S(C)(=O)=O)cc1. The van der Waals surface area contributed by atoms with Crippen molar-refractivity contribution >= 4 is 38.9 Å². The molecule has 7 heteroatoms. The lowest BCUT2D eigenvalue weighted by molar-refractivity contribution is -0.116. The van der Waals surface area contributed by atoms with E-state index in [-0.39, 0.29) is 18.9 Å². The van der Waals surface area contributed by atoms with Crippen LogP contribution in [0.5, 0.6) is 0 Å². The van der Waals surface area contributed by atoms with Crippen molar-refractivity contribution in [2.45, 2.75) is 26.2 Å². The van der Waals surface area contributed by atoms with E-state index >= 15 is 0 Å². The van der Waals surface area contributed by atoms with Gasteiger partial charge in [-0.25, -0.2) is 8.42 Å². The number of carbonyl (C=O) groups excluding carboxylic acids is 1. The Labute approximate surface area is 160 Å². The van der Waals surface area contributed by atoms with Gasteiger partial charge in [0.05, 0.1) is 11.9 Å². The maximum Gasteiger partial charge on any atom is 0.232 e. The molecule has 0 aliphatic carbocycles. The van der Waals surface area contributed by atoms with E-state index in [9.17, 15) is 13.2 Å². The van der Waals surface area contributed by atoms with E-state index in [4.69, 9.17) is 11.6 Å². The Kier molecular flexibility index (Phi) is 7.06. The zero-order valence-corrected chi connectivity index (χ0v) is 16.5. The number of halogens is 1. The third kappa shape index (κ3) is 6.04. The monoisotopic (exact) mass is 394 g/mol. The summed E-state index contributed by atoms with van der Waals surface area (Å²) < 4.78 is 25.5. The molecule has 5 nitrogen and oxygen atoms in total. The summed E-state index contributed by atoms with van der Waals surface area (Å²) in [5, 5.41) is 3.30. The van der Waals surface area contributed by atoms with Gasteiger partial charge < -0.3 is 5.32 Å². The van der Waals surface area contributed by atoms with Crippen molar-refractivity contribution in [3.63, 3.8) is 0 Å². The van der Waals surface area contributed by atoms with Crippen LogP contribution >= 0.6 is 11.6 Å². The van der Waals surface area contributed by atoms with Gasteiger partial charge in [0.15, 0.2) is 0 Å². The number of nitrogens with one attached hydrogen (secondary N) is 1. The second kappa shape index (κ2) is 9.05. The van der Waals surface area contributed by atoms with Gasteiger partial charge in [-0.15, -0.1) is 0 Å². The summed E-state index contributed by atoms with van der Waals surface area (Å²) in [4.78, 5) is 12.1. The van der Waals surface area contributed by atoms with Crippen LogP contribution in [0.4, 0.5) is 11.4 Å². The highest BCUT2D eigenvalue weighted by molar-refractivity contribution is 7.92. The average molecular weight is 395 g/mol. The number of nitrogens with zero attached hydrogens (tertiary/aromatic N) is 1. The highest BCUT2D eigenvalue weighted by Gasteiger charge is 2.17. The minimum absolute atomic E-state index is 0.179. The average Bonchev–Trinajstić information content (AvgIpc) is 2.58. The smallest absolute Gasteiger partial charge is 0.232 e. The minimum Gasteiger partial charge on any atom is -0.326 e. The van der Waals surface area contributed by atoms with E-state index in [1.807, 2.05) is 19.1 Å². The van der Waals surface area contributed by atoms with E-state index in [2.05, 4.69) is 5.32 Å². The minimum atomic E-state index is -3.42. The maximum absolute atomic E-state index is 12.1. The number of hydrogen-bond donors (Lipinski definition) is 1. The largest absolute Gasteiger partial charge is 0.326 e. The molecule has 2 aromatic carbocycles. The number of rotatable bonds is 8. The molecule has 0 aliphatic heterocycles. The third-order valence-corrected chi connectivity index (χ3v) is 5.34. The lowest BCUT2D eigenvalue weighted by Crippen LogP contribution is -2.31. The predicted octanol–water partition coefficient (Wildman–Crippen LogP) is 4.09. The van der Waals surface area contributed by atoms with Gasteiger partial charge in [0, 0.05) is 23.7 Å². The van der Waals surface area contributed by atoms with Gasteiger partial charge in [-0.1, -0.05) is 36.7 Å². The molecule has 0 atom stereocenters. The molecular weight excluding hydrogens is 372 g/mol. The second-order valence-corrected chi connectivity index (χ2v) is 8.36. The molecule has 140 valence electrons. The van der Waals surface area contributed by atoms with Crippen LogP contribution in [0.1, 0.15) is 25.3 Å². The first-order valence-corrected chi connectivity index (χ1v) is 10.6. The van der Waals surface area contributed by atoms with Gasteiger partial charge in [0.25, 0.3) is 0 Å². The first-order valence-electron chi connectivity index (χ1n) is 8.41. The van der Waals surface area contributed by atoms with Crippen LogP contribution in [0, 0.1) is 0 Å². The lowest BCUT2D eigenvalue weighted by Gasteiger charge is -2.22. The number of carbonyl (C=O) groups is 1. The third-order valence-electron chi connectivity index (χ3n) is 3.91. The number of benzene rings is 2. The summed E-state index contributed by atoms with van der Waals surface area (Å²) in [7, 11) is -3.42.